The molecule has 1 aromatic carbocycles. The highest BCUT2D eigenvalue weighted by atomic mass is 16.5. The van der Waals surface area contributed by atoms with Crippen LogP contribution in [-0.4, -0.2) is 75.9 Å². The van der Waals surface area contributed by atoms with Crippen LogP contribution < -0.4 is 9.47 Å². The third-order valence-electron chi connectivity index (χ3n) is 7.50. The fourth-order valence-corrected chi connectivity index (χ4v) is 5.29. The molecule has 1 unspecified atom stereocenters. The lowest BCUT2D eigenvalue weighted by molar-refractivity contribution is -0.140. The number of benzene rings is 1. The van der Waals surface area contributed by atoms with Crippen LogP contribution in [0.1, 0.15) is 63.0 Å². The molecule has 3 heterocycles. The van der Waals surface area contributed by atoms with Crippen molar-refractivity contribution >= 4 is 23.1 Å². The fraction of sp³-hybridized carbons (Fsp3) is 0.452. The summed E-state index contributed by atoms with van der Waals surface area (Å²) in [5.74, 6) is -0.477. The van der Waals surface area contributed by atoms with Crippen LogP contribution in [0.15, 0.2) is 48.2 Å². The van der Waals surface area contributed by atoms with Crippen molar-refractivity contribution in [1.82, 2.24) is 19.2 Å². The zero-order chi connectivity index (χ0) is 28.8. The summed E-state index contributed by atoms with van der Waals surface area (Å²) >= 11 is 0. The lowest BCUT2D eigenvalue weighted by Gasteiger charge is -2.27. The number of imidazole rings is 1. The number of unbranched alkanes of at least 4 members (excludes halogenated alkanes) is 1. The molecular weight excluding hydrogens is 508 g/mol. The van der Waals surface area contributed by atoms with Gasteiger partial charge in [0, 0.05) is 12.7 Å². The summed E-state index contributed by atoms with van der Waals surface area (Å²) in [6.45, 7) is 11.6. The second-order valence-electron chi connectivity index (χ2n) is 9.96. The molecule has 214 valence electrons. The van der Waals surface area contributed by atoms with Crippen molar-refractivity contribution in [2.24, 2.45) is 0 Å². The van der Waals surface area contributed by atoms with Crippen LogP contribution in [0.5, 0.6) is 11.5 Å². The van der Waals surface area contributed by atoms with Gasteiger partial charge in [-0.05, 0) is 69.2 Å². The van der Waals surface area contributed by atoms with Crippen molar-refractivity contribution in [2.75, 3.05) is 39.9 Å². The summed E-state index contributed by atoms with van der Waals surface area (Å²) in [5.41, 5.74) is 2.31. The van der Waals surface area contributed by atoms with Gasteiger partial charge in [0.15, 0.2) is 17.3 Å². The highest BCUT2D eigenvalue weighted by molar-refractivity contribution is 6.46. The number of aliphatic hydroxyl groups excluding tert-OH is 1. The molecule has 2 aromatic heterocycles. The second kappa shape index (κ2) is 13.0. The van der Waals surface area contributed by atoms with E-state index in [4.69, 9.17) is 9.47 Å². The summed E-state index contributed by atoms with van der Waals surface area (Å²) in [5, 5.41) is 11.7. The predicted molar refractivity (Wildman–Crippen MR) is 155 cm³/mol. The molecule has 9 heteroatoms. The Morgan fingerprint density at radius 2 is 1.85 bits per heavy atom. The zero-order valence-electron chi connectivity index (χ0n) is 24.1. The third kappa shape index (κ3) is 5.70. The first-order valence-electron chi connectivity index (χ1n) is 14.1. The van der Waals surface area contributed by atoms with Gasteiger partial charge in [-0.15, -0.1) is 0 Å². The van der Waals surface area contributed by atoms with Crippen molar-refractivity contribution in [2.45, 2.75) is 53.0 Å². The minimum atomic E-state index is -0.788. The van der Waals surface area contributed by atoms with E-state index in [-0.39, 0.29) is 11.3 Å². The largest absolute Gasteiger partial charge is 0.505 e. The number of fused-ring (bicyclic) bond motifs is 1. The number of likely N-dealkylation sites (tertiary alicyclic amines) is 1. The van der Waals surface area contributed by atoms with Gasteiger partial charge in [-0.3, -0.25) is 14.0 Å². The maximum atomic E-state index is 13.6. The molecule has 0 spiro atoms. The second-order valence-corrected chi connectivity index (χ2v) is 9.96. The van der Waals surface area contributed by atoms with Crippen molar-refractivity contribution in [3.8, 4) is 11.5 Å². The molecule has 1 aliphatic heterocycles. The standard InChI is InChI=1S/C31H40N4O5/c1-6-9-19-40-23-15-14-22(20-24(23)39-5)28-26(29(36)27-21(4)32-25-13-10-11-17-34(25)27)30(37)31(38)35(28)18-12-16-33(7-2)8-3/h10-11,13-15,17,20,28,36H,6-9,12,16,18-19H2,1-5H3/b29-26+. The van der Waals surface area contributed by atoms with E-state index in [0.717, 1.165) is 32.5 Å². The van der Waals surface area contributed by atoms with Gasteiger partial charge in [0.1, 0.15) is 11.3 Å². The van der Waals surface area contributed by atoms with Crippen LogP contribution in [0, 0.1) is 6.92 Å². The van der Waals surface area contributed by atoms with E-state index in [0.29, 0.717) is 53.7 Å². The molecule has 1 amide bonds. The number of nitrogens with zero attached hydrogens (tertiary/aromatic N) is 4. The molecule has 1 aliphatic rings. The van der Waals surface area contributed by atoms with E-state index >= 15 is 0 Å². The highest BCUT2D eigenvalue weighted by Crippen LogP contribution is 2.42. The predicted octanol–water partition coefficient (Wildman–Crippen LogP) is 4.98. The number of aryl methyl sites for hydroxylation is 1. The number of hydrogen-bond acceptors (Lipinski definition) is 7. The Kier molecular flexibility index (Phi) is 9.47. The Balaban J connectivity index is 1.82. The van der Waals surface area contributed by atoms with E-state index < -0.39 is 17.7 Å². The number of amides is 1. The summed E-state index contributed by atoms with van der Waals surface area (Å²) in [4.78, 5) is 35.4. The Morgan fingerprint density at radius 3 is 2.55 bits per heavy atom. The first-order chi connectivity index (χ1) is 19.4. The van der Waals surface area contributed by atoms with Crippen LogP contribution in [0.3, 0.4) is 0 Å². The Morgan fingerprint density at radius 1 is 1.07 bits per heavy atom. The number of methoxy groups -OCH3 is 1. The Hall–Kier alpha value is -3.85. The van der Waals surface area contributed by atoms with Gasteiger partial charge in [0.05, 0.1) is 31.0 Å². The number of aliphatic hydroxyl groups is 1. The average Bonchev–Trinajstić information content (AvgIpc) is 3.43. The number of ether oxygens (including phenoxy) is 2. The van der Waals surface area contributed by atoms with Gasteiger partial charge in [-0.1, -0.05) is 39.3 Å². The summed E-state index contributed by atoms with van der Waals surface area (Å²) in [6.07, 6.45) is 4.39. The van der Waals surface area contributed by atoms with Crippen LogP contribution in [0.2, 0.25) is 0 Å². The maximum absolute atomic E-state index is 13.6. The van der Waals surface area contributed by atoms with E-state index in [2.05, 4.69) is 30.7 Å². The average molecular weight is 549 g/mol. The lowest BCUT2D eigenvalue weighted by atomic mass is 9.95. The van der Waals surface area contributed by atoms with Gasteiger partial charge in [-0.2, -0.15) is 0 Å². The topological polar surface area (TPSA) is 96.6 Å². The van der Waals surface area contributed by atoms with E-state index in [9.17, 15) is 14.7 Å². The molecule has 0 bridgehead atoms. The summed E-state index contributed by atoms with van der Waals surface area (Å²) in [6, 6.07) is 10.2. The number of Topliss-reactive ketones (excluding diaryl/α,β-unsaturated/α-hetero) is 1. The minimum absolute atomic E-state index is 0.0447. The number of pyridine rings is 1. The summed E-state index contributed by atoms with van der Waals surface area (Å²) in [7, 11) is 1.56. The lowest BCUT2D eigenvalue weighted by Crippen LogP contribution is -2.33. The quantitative estimate of drug-likeness (QED) is 0.139. The van der Waals surface area contributed by atoms with Crippen molar-refractivity contribution in [3.05, 3.63) is 65.1 Å². The molecule has 0 radical (unpaired) electrons. The first kappa shape index (κ1) is 29.1. The van der Waals surface area contributed by atoms with Crippen molar-refractivity contribution in [1.29, 1.82) is 0 Å². The first-order valence-corrected chi connectivity index (χ1v) is 14.1. The van der Waals surface area contributed by atoms with Crippen LogP contribution in [0.25, 0.3) is 11.4 Å². The molecule has 0 aliphatic carbocycles. The highest BCUT2D eigenvalue weighted by Gasteiger charge is 2.46. The number of carbonyl (C=O) groups excluding carboxylic acids is 2. The van der Waals surface area contributed by atoms with Gasteiger partial charge >= 0.3 is 0 Å². The van der Waals surface area contributed by atoms with Crippen LogP contribution >= 0.6 is 0 Å². The molecular formula is C31H40N4O5. The molecule has 1 N–H and O–H groups in total. The Labute approximate surface area is 236 Å². The number of rotatable bonds is 13. The molecule has 9 nitrogen and oxygen atoms in total. The van der Waals surface area contributed by atoms with Crippen LogP contribution in [0.4, 0.5) is 0 Å². The van der Waals surface area contributed by atoms with E-state index in [1.165, 1.54) is 0 Å². The van der Waals surface area contributed by atoms with Gasteiger partial charge < -0.3 is 24.4 Å². The molecule has 1 saturated heterocycles. The molecule has 1 atom stereocenters. The zero-order valence-corrected chi connectivity index (χ0v) is 24.1. The smallest absolute Gasteiger partial charge is 0.295 e. The number of ketones is 1. The van der Waals surface area contributed by atoms with Gasteiger partial charge in [-0.25, -0.2) is 4.98 Å². The number of aromatic nitrogens is 2. The normalized spacial score (nSPS) is 16.9. The fourth-order valence-electron chi connectivity index (χ4n) is 5.29. The molecule has 1 fully saturated rings. The molecule has 0 saturated carbocycles. The number of carbonyl (C=O) groups is 2. The molecule has 3 aromatic rings. The Bertz CT molecular complexity index is 1390. The summed E-state index contributed by atoms with van der Waals surface area (Å²) < 4.78 is 13.3. The van der Waals surface area contributed by atoms with Crippen LogP contribution in [-0.2, 0) is 9.59 Å². The van der Waals surface area contributed by atoms with Crippen molar-refractivity contribution in [3.63, 3.8) is 0 Å². The minimum Gasteiger partial charge on any atom is -0.505 e. The molecule has 4 rings (SSSR count). The van der Waals surface area contributed by atoms with Crippen molar-refractivity contribution < 1.29 is 24.2 Å². The SMILES string of the molecule is CCCCOc1ccc(C2/C(=C(\O)c3c(C)nc4ccccn34)C(=O)C(=O)N2CCCN(CC)CC)cc1OC. The maximum Gasteiger partial charge on any atom is 0.295 e. The number of hydrogen-bond donors (Lipinski definition) is 1. The van der Waals surface area contributed by atoms with Gasteiger partial charge in [0.25, 0.3) is 11.7 Å². The van der Waals surface area contributed by atoms with Gasteiger partial charge in [0.2, 0.25) is 0 Å². The van der Waals surface area contributed by atoms with E-state index in [1.54, 1.807) is 41.7 Å². The van der Waals surface area contributed by atoms with E-state index in [1.807, 2.05) is 24.3 Å². The monoisotopic (exact) mass is 548 g/mol. The molecule has 40 heavy (non-hydrogen) atoms. The third-order valence-corrected chi connectivity index (χ3v) is 7.50.